The summed E-state index contributed by atoms with van der Waals surface area (Å²) < 4.78 is 1.78. The van der Waals surface area contributed by atoms with Gasteiger partial charge in [-0.25, -0.2) is 4.68 Å². The Morgan fingerprint density at radius 2 is 1.57 bits per heavy atom. The molecule has 0 aliphatic rings. The summed E-state index contributed by atoms with van der Waals surface area (Å²) in [7, 11) is 0. The zero-order chi connectivity index (χ0) is 20.8. The van der Waals surface area contributed by atoms with Gasteiger partial charge in [-0.15, -0.1) is 0 Å². The number of rotatable bonds is 6. The van der Waals surface area contributed by atoms with Crippen molar-refractivity contribution in [2.45, 2.75) is 19.3 Å². The number of aryl methyl sites for hydroxylation is 1. The number of carbonyl (C=O) groups excluding carboxylic acids is 2. The predicted molar refractivity (Wildman–Crippen MR) is 116 cm³/mol. The van der Waals surface area contributed by atoms with Crippen LogP contribution in [0.5, 0.6) is 0 Å². The van der Waals surface area contributed by atoms with Gasteiger partial charge >= 0.3 is 0 Å². The van der Waals surface area contributed by atoms with Crippen LogP contribution in [0.25, 0.3) is 16.5 Å². The number of nitrogens with zero attached hydrogens (tertiary/aromatic N) is 2. The Bertz CT molecular complexity index is 1160. The van der Waals surface area contributed by atoms with E-state index in [9.17, 15) is 9.59 Å². The van der Waals surface area contributed by atoms with Crippen LogP contribution in [-0.4, -0.2) is 21.6 Å². The number of aromatic nitrogens is 2. The highest BCUT2D eigenvalue weighted by atomic mass is 16.2. The summed E-state index contributed by atoms with van der Waals surface area (Å²) in [6.07, 6.45) is 4.65. The second-order valence-corrected chi connectivity index (χ2v) is 7.04. The minimum Gasteiger partial charge on any atom is -0.273 e. The predicted octanol–water partition coefficient (Wildman–Crippen LogP) is 3.35. The molecule has 0 fully saturated rings. The molecule has 3 aromatic carbocycles. The summed E-state index contributed by atoms with van der Waals surface area (Å²) in [6.45, 7) is 0. The van der Waals surface area contributed by atoms with Crippen LogP contribution in [0.3, 0.4) is 0 Å². The molecule has 0 bridgehead atoms. The summed E-state index contributed by atoms with van der Waals surface area (Å²) in [4.78, 5) is 24.4. The molecule has 30 heavy (non-hydrogen) atoms. The van der Waals surface area contributed by atoms with Gasteiger partial charge < -0.3 is 0 Å². The smallest absolute Gasteiger partial charge is 0.242 e. The summed E-state index contributed by atoms with van der Waals surface area (Å²) in [6, 6.07) is 23.6. The van der Waals surface area contributed by atoms with Gasteiger partial charge in [-0.2, -0.15) is 5.10 Å². The summed E-state index contributed by atoms with van der Waals surface area (Å²) >= 11 is 0. The fraction of sp³-hybridized carbons (Fsp3) is 0.125. The average molecular weight is 398 g/mol. The van der Waals surface area contributed by atoms with E-state index in [2.05, 4.69) is 16.0 Å². The number of amides is 2. The summed E-state index contributed by atoms with van der Waals surface area (Å²) in [5, 5.41) is 6.45. The average Bonchev–Trinajstić information content (AvgIpc) is 3.26. The van der Waals surface area contributed by atoms with Crippen LogP contribution >= 0.6 is 0 Å². The second kappa shape index (κ2) is 9.05. The van der Waals surface area contributed by atoms with Crippen molar-refractivity contribution >= 4 is 22.6 Å². The first-order valence-electron chi connectivity index (χ1n) is 9.82. The van der Waals surface area contributed by atoms with Gasteiger partial charge in [0, 0.05) is 12.6 Å². The molecule has 0 radical (unpaired) electrons. The Hall–Kier alpha value is -3.93. The van der Waals surface area contributed by atoms with Crippen LogP contribution in [0.4, 0.5) is 0 Å². The van der Waals surface area contributed by atoms with Crippen LogP contribution in [0.1, 0.15) is 17.5 Å². The van der Waals surface area contributed by atoms with Gasteiger partial charge in [0.05, 0.1) is 18.3 Å². The van der Waals surface area contributed by atoms with Gasteiger partial charge in [0.1, 0.15) is 0 Å². The molecule has 0 spiro atoms. The van der Waals surface area contributed by atoms with Crippen molar-refractivity contribution in [3.8, 4) is 5.69 Å². The monoisotopic (exact) mass is 398 g/mol. The normalized spacial score (nSPS) is 10.7. The zero-order valence-corrected chi connectivity index (χ0v) is 16.4. The molecule has 0 aliphatic heterocycles. The Morgan fingerprint density at radius 3 is 2.43 bits per heavy atom. The maximum atomic E-state index is 12.3. The highest BCUT2D eigenvalue weighted by Gasteiger charge is 2.09. The number of hydrogen-bond donors (Lipinski definition) is 2. The quantitative estimate of drug-likeness (QED) is 0.489. The van der Waals surface area contributed by atoms with E-state index in [1.165, 1.54) is 0 Å². The van der Waals surface area contributed by atoms with Crippen LogP contribution in [0.2, 0.25) is 0 Å². The number of carbonyl (C=O) groups is 2. The number of fused-ring (bicyclic) bond motifs is 1. The van der Waals surface area contributed by atoms with E-state index in [-0.39, 0.29) is 24.7 Å². The third-order valence-electron chi connectivity index (χ3n) is 4.87. The Balaban J connectivity index is 1.26. The molecule has 0 atom stereocenters. The van der Waals surface area contributed by atoms with Crippen molar-refractivity contribution in [1.82, 2.24) is 20.6 Å². The summed E-state index contributed by atoms with van der Waals surface area (Å²) in [5.41, 5.74) is 7.84. The molecular weight excluding hydrogens is 376 g/mol. The topological polar surface area (TPSA) is 76.0 Å². The van der Waals surface area contributed by atoms with Crippen molar-refractivity contribution in [2.24, 2.45) is 0 Å². The maximum Gasteiger partial charge on any atom is 0.242 e. The highest BCUT2D eigenvalue weighted by molar-refractivity contribution is 5.90. The van der Waals surface area contributed by atoms with Gasteiger partial charge in [-0.05, 0) is 40.5 Å². The van der Waals surface area contributed by atoms with E-state index >= 15 is 0 Å². The molecular formula is C24H22N4O2. The highest BCUT2D eigenvalue weighted by Crippen LogP contribution is 2.18. The molecule has 0 aliphatic carbocycles. The molecule has 0 saturated heterocycles. The van der Waals surface area contributed by atoms with Crippen LogP contribution in [0.15, 0.2) is 85.2 Å². The molecule has 6 nitrogen and oxygen atoms in total. The number of hydrazine groups is 1. The molecule has 1 aromatic heterocycles. The number of para-hydroxylation sites is 1. The van der Waals surface area contributed by atoms with E-state index in [0.717, 1.165) is 27.6 Å². The lowest BCUT2D eigenvalue weighted by molar-refractivity contribution is -0.128. The zero-order valence-electron chi connectivity index (χ0n) is 16.4. The SMILES string of the molecule is O=C(CCc1cnn(-c2ccccc2)c1)NNC(=O)Cc1cccc2ccccc12. The van der Waals surface area contributed by atoms with Crippen LogP contribution in [-0.2, 0) is 22.4 Å². The largest absolute Gasteiger partial charge is 0.273 e. The molecule has 4 aromatic rings. The summed E-state index contributed by atoms with van der Waals surface area (Å²) in [5.74, 6) is -0.495. The van der Waals surface area contributed by atoms with E-state index in [1.54, 1.807) is 10.9 Å². The lowest BCUT2D eigenvalue weighted by atomic mass is 10.0. The molecule has 2 amide bonds. The van der Waals surface area contributed by atoms with E-state index < -0.39 is 0 Å². The van der Waals surface area contributed by atoms with E-state index in [0.29, 0.717) is 6.42 Å². The van der Waals surface area contributed by atoms with E-state index in [4.69, 9.17) is 0 Å². The van der Waals surface area contributed by atoms with Crippen LogP contribution in [0, 0.1) is 0 Å². The lowest BCUT2D eigenvalue weighted by Gasteiger charge is -2.09. The van der Waals surface area contributed by atoms with Crippen molar-refractivity contribution in [1.29, 1.82) is 0 Å². The van der Waals surface area contributed by atoms with E-state index in [1.807, 2.05) is 79.0 Å². The molecule has 0 saturated carbocycles. The Kier molecular flexibility index (Phi) is 5.85. The molecule has 4 rings (SSSR count). The van der Waals surface area contributed by atoms with Gasteiger partial charge in [0.15, 0.2) is 0 Å². The first kappa shape index (κ1) is 19.4. The van der Waals surface area contributed by atoms with Gasteiger partial charge in [-0.1, -0.05) is 60.7 Å². The van der Waals surface area contributed by atoms with Crippen molar-refractivity contribution in [3.05, 3.63) is 96.3 Å². The number of benzene rings is 3. The lowest BCUT2D eigenvalue weighted by Crippen LogP contribution is -2.42. The molecule has 2 N–H and O–H groups in total. The first-order chi connectivity index (χ1) is 14.7. The molecule has 0 unspecified atom stereocenters. The third kappa shape index (κ3) is 4.72. The van der Waals surface area contributed by atoms with Gasteiger partial charge in [-0.3, -0.25) is 20.4 Å². The Labute approximate surface area is 174 Å². The van der Waals surface area contributed by atoms with Crippen molar-refractivity contribution in [3.63, 3.8) is 0 Å². The number of nitrogens with one attached hydrogen (secondary N) is 2. The second-order valence-electron chi connectivity index (χ2n) is 7.04. The third-order valence-corrected chi connectivity index (χ3v) is 4.87. The molecule has 6 heteroatoms. The molecule has 1 heterocycles. The first-order valence-corrected chi connectivity index (χ1v) is 9.82. The van der Waals surface area contributed by atoms with Gasteiger partial charge in [0.2, 0.25) is 11.8 Å². The fourth-order valence-corrected chi connectivity index (χ4v) is 3.33. The number of hydrogen-bond acceptors (Lipinski definition) is 3. The van der Waals surface area contributed by atoms with Crippen molar-refractivity contribution in [2.75, 3.05) is 0 Å². The minimum absolute atomic E-state index is 0.200. The standard InChI is InChI=1S/C24H22N4O2/c29-23(14-13-18-16-25-28(17-18)21-10-2-1-3-11-21)26-27-24(30)15-20-9-6-8-19-7-4-5-12-22(19)20/h1-12,16-17H,13-15H2,(H,26,29)(H,27,30). The van der Waals surface area contributed by atoms with Crippen LogP contribution < -0.4 is 10.9 Å². The maximum absolute atomic E-state index is 12.3. The fourth-order valence-electron chi connectivity index (χ4n) is 3.33. The minimum atomic E-state index is -0.253. The Morgan fingerprint density at radius 1 is 0.833 bits per heavy atom. The van der Waals surface area contributed by atoms with Crippen molar-refractivity contribution < 1.29 is 9.59 Å². The van der Waals surface area contributed by atoms with Gasteiger partial charge in [0.25, 0.3) is 0 Å². The molecule has 150 valence electrons.